The van der Waals surface area contributed by atoms with Crippen LogP contribution in [0, 0.1) is 0 Å². The largest absolute Gasteiger partial charge is 0.373 e. The van der Waals surface area contributed by atoms with Crippen molar-refractivity contribution in [3.63, 3.8) is 0 Å². The summed E-state index contributed by atoms with van der Waals surface area (Å²) in [4.78, 5) is 4.92. The molecule has 2 heterocycles. The molecule has 4 heteroatoms. The molecule has 5 aromatic rings. The Morgan fingerprint density at radius 2 is 1.47 bits per heavy atom. The zero-order valence-corrected chi connectivity index (χ0v) is 17.5. The summed E-state index contributed by atoms with van der Waals surface area (Å²) >= 11 is 3.54. The van der Waals surface area contributed by atoms with Crippen LogP contribution in [-0.2, 0) is 5.60 Å². The predicted molar refractivity (Wildman–Crippen MR) is 123 cm³/mol. The van der Waals surface area contributed by atoms with Gasteiger partial charge in [0, 0.05) is 15.6 Å². The molecule has 3 nitrogen and oxygen atoms in total. The summed E-state index contributed by atoms with van der Waals surface area (Å²) in [6.07, 6.45) is 0. The van der Waals surface area contributed by atoms with E-state index in [2.05, 4.69) is 38.7 Å². The van der Waals surface area contributed by atoms with E-state index in [9.17, 15) is 5.11 Å². The third kappa shape index (κ3) is 2.32. The molecule has 1 N–H and O–H groups in total. The van der Waals surface area contributed by atoms with Crippen LogP contribution in [0.5, 0.6) is 0 Å². The SMILES string of the molecule is OC1(c2ccccc2-c2ccccc2)c2ccccc2-n2c1nc1cc(Br)ccc12. The highest BCUT2D eigenvalue weighted by atomic mass is 79.9. The number of aromatic nitrogens is 2. The Labute approximate surface area is 182 Å². The number of aliphatic hydroxyl groups is 1. The Hall–Kier alpha value is -3.21. The predicted octanol–water partition coefficient (Wildman–Crippen LogP) is 6.05. The van der Waals surface area contributed by atoms with Crippen molar-refractivity contribution in [2.45, 2.75) is 5.60 Å². The van der Waals surface area contributed by atoms with Crippen LogP contribution in [0.3, 0.4) is 0 Å². The quantitative estimate of drug-likeness (QED) is 0.353. The van der Waals surface area contributed by atoms with E-state index >= 15 is 0 Å². The molecule has 0 bridgehead atoms. The van der Waals surface area contributed by atoms with Gasteiger partial charge in [-0.05, 0) is 35.4 Å². The first-order chi connectivity index (χ1) is 14.7. The van der Waals surface area contributed by atoms with Crippen molar-refractivity contribution in [3.05, 3.63) is 118 Å². The number of nitrogens with zero attached hydrogens (tertiary/aromatic N) is 2. The van der Waals surface area contributed by atoms with Crippen LogP contribution in [0.2, 0.25) is 0 Å². The molecule has 30 heavy (non-hydrogen) atoms. The van der Waals surface area contributed by atoms with Gasteiger partial charge in [0.2, 0.25) is 0 Å². The fourth-order valence-electron chi connectivity index (χ4n) is 4.57. The van der Waals surface area contributed by atoms with Crippen molar-refractivity contribution >= 4 is 27.0 Å². The lowest BCUT2D eigenvalue weighted by Gasteiger charge is -2.26. The van der Waals surface area contributed by atoms with Crippen molar-refractivity contribution in [2.24, 2.45) is 0 Å². The van der Waals surface area contributed by atoms with Crippen LogP contribution < -0.4 is 0 Å². The Morgan fingerprint density at radius 1 is 0.767 bits per heavy atom. The fourth-order valence-corrected chi connectivity index (χ4v) is 4.92. The lowest BCUT2D eigenvalue weighted by Crippen LogP contribution is -2.28. The van der Waals surface area contributed by atoms with Gasteiger partial charge in [0.15, 0.2) is 11.4 Å². The normalized spacial score (nSPS) is 17.1. The molecular formula is C26H17BrN2O. The first-order valence-corrected chi connectivity index (χ1v) is 10.6. The molecule has 6 rings (SSSR count). The molecule has 0 amide bonds. The van der Waals surface area contributed by atoms with E-state index in [0.29, 0.717) is 5.82 Å². The van der Waals surface area contributed by atoms with Gasteiger partial charge in [-0.25, -0.2) is 4.98 Å². The van der Waals surface area contributed by atoms with E-state index in [1.165, 1.54) is 0 Å². The maximum atomic E-state index is 12.4. The van der Waals surface area contributed by atoms with E-state index in [0.717, 1.165) is 43.4 Å². The summed E-state index contributed by atoms with van der Waals surface area (Å²) in [5, 5.41) is 12.4. The molecule has 0 spiro atoms. The Morgan fingerprint density at radius 3 is 2.30 bits per heavy atom. The number of rotatable bonds is 2. The third-order valence-corrected chi connectivity index (χ3v) is 6.37. The number of benzene rings is 4. The molecule has 0 aliphatic carbocycles. The van der Waals surface area contributed by atoms with Crippen LogP contribution in [0.4, 0.5) is 0 Å². The van der Waals surface area contributed by atoms with Crippen LogP contribution in [-0.4, -0.2) is 14.7 Å². The van der Waals surface area contributed by atoms with E-state index in [4.69, 9.17) is 4.98 Å². The molecular weight excluding hydrogens is 436 g/mol. The van der Waals surface area contributed by atoms with Gasteiger partial charge in [0.05, 0.1) is 16.7 Å². The molecule has 0 radical (unpaired) electrons. The molecule has 1 unspecified atom stereocenters. The molecule has 1 aliphatic heterocycles. The second-order valence-corrected chi connectivity index (χ2v) is 8.46. The van der Waals surface area contributed by atoms with Gasteiger partial charge in [-0.2, -0.15) is 0 Å². The van der Waals surface area contributed by atoms with Crippen molar-refractivity contribution in [2.75, 3.05) is 0 Å². The zero-order chi connectivity index (χ0) is 20.3. The van der Waals surface area contributed by atoms with Crippen LogP contribution in [0.15, 0.2) is 102 Å². The number of hydrogen-bond donors (Lipinski definition) is 1. The summed E-state index contributed by atoms with van der Waals surface area (Å²) in [5.74, 6) is 0.625. The summed E-state index contributed by atoms with van der Waals surface area (Å²) in [6.45, 7) is 0. The standard InChI is InChI=1S/C26H17BrN2O/c27-18-14-15-24-22(16-18)28-25-26(30,21-12-6-7-13-23(21)29(24)25)20-11-5-4-10-19(20)17-8-2-1-3-9-17/h1-16,30H. The molecule has 0 saturated carbocycles. The van der Waals surface area contributed by atoms with Crippen molar-refractivity contribution < 1.29 is 5.11 Å². The van der Waals surface area contributed by atoms with Crippen molar-refractivity contribution in [3.8, 4) is 16.8 Å². The highest BCUT2D eigenvalue weighted by molar-refractivity contribution is 9.10. The molecule has 0 saturated heterocycles. The van der Waals surface area contributed by atoms with Gasteiger partial charge in [-0.15, -0.1) is 0 Å². The van der Waals surface area contributed by atoms with Gasteiger partial charge < -0.3 is 5.11 Å². The minimum atomic E-state index is -1.35. The maximum absolute atomic E-state index is 12.4. The van der Waals surface area contributed by atoms with Crippen LogP contribution in [0.25, 0.3) is 27.8 Å². The lowest BCUT2D eigenvalue weighted by atomic mass is 9.82. The van der Waals surface area contributed by atoms with Gasteiger partial charge in [0.1, 0.15) is 0 Å². The monoisotopic (exact) mass is 452 g/mol. The Bertz CT molecular complexity index is 1420. The fraction of sp³-hybridized carbons (Fsp3) is 0.0385. The topological polar surface area (TPSA) is 38.0 Å². The van der Waals surface area contributed by atoms with Crippen LogP contribution in [0.1, 0.15) is 17.0 Å². The number of imidazole rings is 1. The van der Waals surface area contributed by atoms with Gasteiger partial charge in [-0.1, -0.05) is 88.7 Å². The summed E-state index contributed by atoms with van der Waals surface area (Å²) in [6, 6.07) is 32.3. The summed E-state index contributed by atoms with van der Waals surface area (Å²) < 4.78 is 3.05. The third-order valence-electron chi connectivity index (χ3n) is 5.88. The van der Waals surface area contributed by atoms with E-state index in [1.807, 2.05) is 78.9 Å². The second kappa shape index (κ2) is 6.39. The van der Waals surface area contributed by atoms with Gasteiger partial charge >= 0.3 is 0 Å². The second-order valence-electron chi connectivity index (χ2n) is 7.54. The Kier molecular flexibility index (Phi) is 3.76. The highest BCUT2D eigenvalue weighted by Crippen LogP contribution is 2.49. The number of hydrogen-bond acceptors (Lipinski definition) is 2. The molecule has 0 fully saturated rings. The summed E-state index contributed by atoms with van der Waals surface area (Å²) in [7, 11) is 0. The first-order valence-electron chi connectivity index (χ1n) is 9.83. The smallest absolute Gasteiger partial charge is 0.176 e. The first kappa shape index (κ1) is 17.6. The van der Waals surface area contributed by atoms with E-state index in [-0.39, 0.29) is 0 Å². The minimum absolute atomic E-state index is 0.625. The van der Waals surface area contributed by atoms with Crippen molar-refractivity contribution in [1.82, 2.24) is 9.55 Å². The maximum Gasteiger partial charge on any atom is 0.176 e. The van der Waals surface area contributed by atoms with Gasteiger partial charge in [0.25, 0.3) is 0 Å². The van der Waals surface area contributed by atoms with E-state index in [1.54, 1.807) is 0 Å². The number of para-hydroxylation sites is 1. The molecule has 1 atom stereocenters. The molecule has 4 aromatic carbocycles. The molecule has 1 aliphatic rings. The minimum Gasteiger partial charge on any atom is -0.373 e. The van der Waals surface area contributed by atoms with E-state index < -0.39 is 5.60 Å². The molecule has 144 valence electrons. The average Bonchev–Trinajstić information content (AvgIpc) is 3.28. The Balaban J connectivity index is 1.72. The number of fused-ring (bicyclic) bond motifs is 5. The van der Waals surface area contributed by atoms with Gasteiger partial charge in [-0.3, -0.25) is 4.57 Å². The van der Waals surface area contributed by atoms with Crippen molar-refractivity contribution in [1.29, 1.82) is 0 Å². The average molecular weight is 453 g/mol. The lowest BCUT2D eigenvalue weighted by molar-refractivity contribution is 0.123. The summed E-state index contributed by atoms with van der Waals surface area (Å²) in [5.41, 5.74) is 5.18. The highest BCUT2D eigenvalue weighted by Gasteiger charge is 2.47. The molecule has 1 aromatic heterocycles. The number of halogens is 1. The zero-order valence-electron chi connectivity index (χ0n) is 16.0. The van der Waals surface area contributed by atoms with Crippen LogP contribution >= 0.6 is 15.9 Å².